The van der Waals surface area contributed by atoms with Crippen molar-refractivity contribution in [1.82, 2.24) is 13.7 Å². The lowest BCUT2D eigenvalue weighted by Crippen LogP contribution is -2.55. The van der Waals surface area contributed by atoms with Crippen molar-refractivity contribution in [3.63, 3.8) is 0 Å². The lowest BCUT2D eigenvalue weighted by atomic mass is 10.5. The normalized spacial score (nSPS) is 20.2. The molecule has 0 radical (unpaired) electrons. The van der Waals surface area contributed by atoms with Crippen molar-refractivity contribution in [2.45, 2.75) is 38.8 Å². The summed E-state index contributed by atoms with van der Waals surface area (Å²) in [4.78, 5) is 60.9. The summed E-state index contributed by atoms with van der Waals surface area (Å²) >= 11 is 0. The Kier molecular flexibility index (Phi) is 5.56. The van der Waals surface area contributed by atoms with Crippen LogP contribution in [0.4, 0.5) is 0 Å². The third-order valence-corrected chi connectivity index (χ3v) is 3.94. The number of carbonyl (C=O) groups excluding carboxylic acids is 2. The molecule has 0 bridgehead atoms. The summed E-state index contributed by atoms with van der Waals surface area (Å²) in [5, 5.41) is 0. The Bertz CT molecular complexity index is 836. The fraction of sp³-hybridized carbons (Fsp3) is 0.667. The number of hydrogen-bond acceptors (Lipinski definition) is 9. The molecule has 2 aliphatic rings. The zero-order chi connectivity index (χ0) is 19.6. The Morgan fingerprint density at radius 1 is 0.852 bits per heavy atom. The molecule has 0 spiro atoms. The Morgan fingerprint density at radius 2 is 1.22 bits per heavy atom. The standard InChI is InChI=1S/C15H19N3O9/c1-2-16-13(21)17(3-11(19)26-7-9-5-24-9)15(23)18(14(16)22)4-12(20)27-8-10-6-25-10/h9-10H,2-8H2,1H3. The molecule has 0 N–H and O–H groups in total. The molecule has 2 fully saturated rings. The van der Waals surface area contributed by atoms with E-state index >= 15 is 0 Å². The first-order valence-electron chi connectivity index (χ1n) is 8.39. The Morgan fingerprint density at radius 3 is 1.56 bits per heavy atom. The molecular formula is C15H19N3O9. The Balaban J connectivity index is 1.81. The van der Waals surface area contributed by atoms with Gasteiger partial charge in [0.15, 0.2) is 0 Å². The number of ether oxygens (including phenoxy) is 4. The van der Waals surface area contributed by atoms with E-state index in [1.54, 1.807) is 0 Å². The van der Waals surface area contributed by atoms with Crippen molar-refractivity contribution in [3.05, 3.63) is 31.5 Å². The molecule has 0 saturated carbocycles. The van der Waals surface area contributed by atoms with Crippen LogP contribution in [-0.2, 0) is 48.2 Å². The smallest absolute Gasteiger partial charge is 0.337 e. The van der Waals surface area contributed by atoms with Gasteiger partial charge in [0.25, 0.3) is 0 Å². The lowest BCUT2D eigenvalue weighted by molar-refractivity contribution is -0.145. The molecule has 2 saturated heterocycles. The largest absolute Gasteiger partial charge is 0.461 e. The molecule has 0 amide bonds. The van der Waals surface area contributed by atoms with Gasteiger partial charge in [0, 0.05) is 6.54 Å². The van der Waals surface area contributed by atoms with Crippen LogP contribution in [0.2, 0.25) is 0 Å². The van der Waals surface area contributed by atoms with Crippen LogP contribution < -0.4 is 17.1 Å². The van der Waals surface area contributed by atoms with Crippen molar-refractivity contribution in [2.24, 2.45) is 0 Å². The highest BCUT2D eigenvalue weighted by molar-refractivity contribution is 5.69. The highest BCUT2D eigenvalue weighted by Crippen LogP contribution is 2.09. The SMILES string of the molecule is CCn1c(=O)n(CC(=O)OCC2CO2)c(=O)n(CC(=O)OCC2CO2)c1=O. The second-order valence-electron chi connectivity index (χ2n) is 6.04. The maximum atomic E-state index is 12.5. The summed E-state index contributed by atoms with van der Waals surface area (Å²) in [5.74, 6) is -1.66. The van der Waals surface area contributed by atoms with E-state index < -0.39 is 42.1 Å². The molecule has 1 aromatic rings. The Labute approximate surface area is 151 Å². The van der Waals surface area contributed by atoms with Gasteiger partial charge in [-0.1, -0.05) is 0 Å². The lowest BCUT2D eigenvalue weighted by Gasteiger charge is -2.12. The van der Waals surface area contributed by atoms with E-state index in [-0.39, 0.29) is 32.0 Å². The van der Waals surface area contributed by atoms with Crippen molar-refractivity contribution < 1.29 is 28.5 Å². The van der Waals surface area contributed by atoms with E-state index in [0.717, 1.165) is 4.57 Å². The summed E-state index contributed by atoms with van der Waals surface area (Å²) in [7, 11) is 0. The van der Waals surface area contributed by atoms with Gasteiger partial charge in [-0.3, -0.25) is 9.59 Å². The van der Waals surface area contributed by atoms with Gasteiger partial charge in [-0.15, -0.1) is 0 Å². The molecule has 3 rings (SSSR count). The van der Waals surface area contributed by atoms with E-state index in [4.69, 9.17) is 18.9 Å². The van der Waals surface area contributed by atoms with Crippen LogP contribution in [0, 0.1) is 0 Å². The van der Waals surface area contributed by atoms with Gasteiger partial charge in [-0.25, -0.2) is 28.1 Å². The number of epoxide rings is 2. The number of esters is 2. The fourth-order valence-electron chi connectivity index (χ4n) is 2.27. The molecule has 0 aromatic carbocycles. The summed E-state index contributed by atoms with van der Waals surface area (Å²) in [6.45, 7) is 1.10. The minimum absolute atomic E-state index is 0.0186. The molecule has 2 atom stereocenters. The van der Waals surface area contributed by atoms with E-state index in [0.29, 0.717) is 22.3 Å². The van der Waals surface area contributed by atoms with E-state index in [2.05, 4.69) is 0 Å². The zero-order valence-electron chi connectivity index (χ0n) is 14.6. The van der Waals surface area contributed by atoms with Crippen LogP contribution in [0.3, 0.4) is 0 Å². The quantitative estimate of drug-likeness (QED) is 0.322. The monoisotopic (exact) mass is 385 g/mol. The summed E-state index contributed by atoms with van der Waals surface area (Å²) in [6, 6.07) is 0. The van der Waals surface area contributed by atoms with Crippen molar-refractivity contribution >= 4 is 11.9 Å². The summed E-state index contributed by atoms with van der Waals surface area (Å²) in [5.41, 5.74) is -3.00. The average Bonchev–Trinajstić information content (AvgIpc) is 3.54. The first-order valence-corrected chi connectivity index (χ1v) is 8.39. The predicted molar refractivity (Wildman–Crippen MR) is 86.3 cm³/mol. The van der Waals surface area contributed by atoms with Gasteiger partial charge < -0.3 is 18.9 Å². The third kappa shape index (κ3) is 4.71. The summed E-state index contributed by atoms with van der Waals surface area (Å²) < 4.78 is 21.5. The highest BCUT2D eigenvalue weighted by atomic mass is 16.6. The van der Waals surface area contributed by atoms with Crippen LogP contribution >= 0.6 is 0 Å². The topological polar surface area (TPSA) is 144 Å². The van der Waals surface area contributed by atoms with Gasteiger partial charge in [-0.05, 0) is 6.92 Å². The molecule has 27 heavy (non-hydrogen) atoms. The van der Waals surface area contributed by atoms with Crippen LogP contribution in [0.5, 0.6) is 0 Å². The second kappa shape index (κ2) is 7.88. The van der Waals surface area contributed by atoms with Crippen LogP contribution in [0.15, 0.2) is 14.4 Å². The van der Waals surface area contributed by atoms with Gasteiger partial charge in [0.1, 0.15) is 38.5 Å². The van der Waals surface area contributed by atoms with Crippen molar-refractivity contribution in [1.29, 1.82) is 0 Å². The van der Waals surface area contributed by atoms with Gasteiger partial charge in [-0.2, -0.15) is 0 Å². The molecular weight excluding hydrogens is 366 g/mol. The number of rotatable bonds is 9. The van der Waals surface area contributed by atoms with E-state index in [1.165, 1.54) is 6.92 Å². The molecule has 12 nitrogen and oxygen atoms in total. The highest BCUT2D eigenvalue weighted by Gasteiger charge is 2.26. The molecule has 12 heteroatoms. The molecule has 2 aliphatic heterocycles. The van der Waals surface area contributed by atoms with Gasteiger partial charge in [0.05, 0.1) is 13.2 Å². The molecule has 0 aliphatic carbocycles. The third-order valence-electron chi connectivity index (χ3n) is 3.94. The number of nitrogens with zero attached hydrogens (tertiary/aromatic N) is 3. The molecule has 1 aromatic heterocycles. The first kappa shape index (κ1) is 19.0. The summed E-state index contributed by atoms with van der Waals surface area (Å²) in [6.07, 6.45) is -0.339. The Hall–Kier alpha value is -2.73. The number of carbonyl (C=O) groups is 2. The molecule has 3 heterocycles. The maximum Gasteiger partial charge on any atom is 0.337 e. The van der Waals surface area contributed by atoms with Gasteiger partial charge >= 0.3 is 29.0 Å². The number of aromatic nitrogens is 3. The van der Waals surface area contributed by atoms with Crippen LogP contribution in [-0.4, -0.2) is 64.3 Å². The predicted octanol–water partition coefficient (Wildman–Crippen LogP) is -2.92. The minimum atomic E-state index is -1.09. The maximum absolute atomic E-state index is 12.5. The first-order chi connectivity index (χ1) is 12.9. The van der Waals surface area contributed by atoms with Crippen molar-refractivity contribution in [3.8, 4) is 0 Å². The number of hydrogen-bond donors (Lipinski definition) is 0. The zero-order valence-corrected chi connectivity index (χ0v) is 14.6. The average molecular weight is 385 g/mol. The second-order valence-corrected chi connectivity index (χ2v) is 6.04. The molecule has 2 unspecified atom stereocenters. The van der Waals surface area contributed by atoms with E-state index in [1.807, 2.05) is 0 Å². The van der Waals surface area contributed by atoms with E-state index in [9.17, 15) is 24.0 Å². The van der Waals surface area contributed by atoms with Crippen LogP contribution in [0.25, 0.3) is 0 Å². The molecule has 148 valence electrons. The minimum Gasteiger partial charge on any atom is -0.461 e. The fourth-order valence-corrected chi connectivity index (χ4v) is 2.27. The van der Waals surface area contributed by atoms with Crippen molar-refractivity contribution in [2.75, 3.05) is 26.4 Å². The van der Waals surface area contributed by atoms with Crippen LogP contribution in [0.1, 0.15) is 6.92 Å². The van der Waals surface area contributed by atoms with Gasteiger partial charge in [0.2, 0.25) is 0 Å².